The fourth-order valence-electron chi connectivity index (χ4n) is 3.74. The second-order valence-corrected chi connectivity index (χ2v) is 9.29. The smallest absolute Gasteiger partial charge is 0.272 e. The molecule has 0 aliphatic carbocycles. The van der Waals surface area contributed by atoms with E-state index in [0.717, 1.165) is 6.42 Å². The molecule has 0 N–H and O–H groups in total. The minimum absolute atomic E-state index is 0.105. The number of aromatic nitrogens is 1. The summed E-state index contributed by atoms with van der Waals surface area (Å²) in [5.41, 5.74) is 0.425. The number of nitrogens with zero attached hydrogens (tertiary/aromatic N) is 3. The van der Waals surface area contributed by atoms with E-state index in [1.54, 1.807) is 33.6 Å². The molecule has 132 valence electrons. The first-order valence-electron chi connectivity index (χ1n) is 8.59. The van der Waals surface area contributed by atoms with E-state index < -0.39 is 10.0 Å². The van der Waals surface area contributed by atoms with E-state index in [9.17, 15) is 13.2 Å². The van der Waals surface area contributed by atoms with Crippen molar-refractivity contribution in [3.05, 3.63) is 30.1 Å². The van der Waals surface area contributed by atoms with Gasteiger partial charge in [0.25, 0.3) is 5.91 Å². The van der Waals surface area contributed by atoms with E-state index in [2.05, 4.69) is 4.98 Å². The van der Waals surface area contributed by atoms with Crippen molar-refractivity contribution in [2.24, 2.45) is 11.8 Å². The second-order valence-electron chi connectivity index (χ2n) is 7.14. The summed E-state index contributed by atoms with van der Waals surface area (Å²) < 4.78 is 27.2. The van der Waals surface area contributed by atoms with Crippen LogP contribution >= 0.6 is 0 Å². The molecule has 0 radical (unpaired) electrons. The predicted molar refractivity (Wildman–Crippen MR) is 92.0 cm³/mol. The maximum Gasteiger partial charge on any atom is 0.272 e. The summed E-state index contributed by atoms with van der Waals surface area (Å²) in [6.07, 6.45) is 2.85. The van der Waals surface area contributed by atoms with Crippen LogP contribution in [-0.4, -0.2) is 59.9 Å². The maximum atomic E-state index is 12.8. The van der Waals surface area contributed by atoms with E-state index in [4.69, 9.17) is 0 Å². The minimum atomic E-state index is -3.24. The Labute approximate surface area is 143 Å². The summed E-state index contributed by atoms with van der Waals surface area (Å²) in [7, 11) is -3.24. The van der Waals surface area contributed by atoms with E-state index >= 15 is 0 Å². The first kappa shape index (κ1) is 17.4. The molecule has 0 spiro atoms. The molecule has 0 aromatic carbocycles. The number of sulfonamides is 1. The number of likely N-dealkylation sites (tertiary alicyclic amines) is 1. The molecule has 0 saturated carbocycles. The van der Waals surface area contributed by atoms with Gasteiger partial charge in [-0.2, -0.15) is 0 Å². The Morgan fingerprint density at radius 2 is 2.04 bits per heavy atom. The van der Waals surface area contributed by atoms with Crippen molar-refractivity contribution in [2.75, 3.05) is 26.2 Å². The Bertz CT molecular complexity index is 690. The van der Waals surface area contributed by atoms with Gasteiger partial charge < -0.3 is 4.90 Å². The summed E-state index contributed by atoms with van der Waals surface area (Å²) in [6, 6.07) is 5.27. The van der Waals surface area contributed by atoms with Crippen molar-refractivity contribution in [2.45, 2.75) is 31.9 Å². The lowest BCUT2D eigenvalue weighted by Gasteiger charge is -2.22. The summed E-state index contributed by atoms with van der Waals surface area (Å²) in [5, 5.41) is -0.349. The van der Waals surface area contributed by atoms with Crippen molar-refractivity contribution < 1.29 is 13.2 Å². The average Bonchev–Trinajstić information content (AvgIpc) is 2.70. The Morgan fingerprint density at radius 1 is 1.29 bits per heavy atom. The van der Waals surface area contributed by atoms with Crippen LogP contribution in [-0.2, 0) is 10.0 Å². The van der Waals surface area contributed by atoms with Crippen molar-refractivity contribution in [3.8, 4) is 0 Å². The molecule has 2 aliphatic rings. The monoisotopic (exact) mass is 351 g/mol. The molecule has 1 aromatic heterocycles. The zero-order chi connectivity index (χ0) is 17.3. The molecule has 7 heteroatoms. The number of amides is 1. The van der Waals surface area contributed by atoms with Crippen LogP contribution in [0.25, 0.3) is 0 Å². The van der Waals surface area contributed by atoms with Gasteiger partial charge in [-0.3, -0.25) is 9.78 Å². The van der Waals surface area contributed by atoms with Gasteiger partial charge in [-0.15, -0.1) is 0 Å². The fourth-order valence-corrected chi connectivity index (χ4v) is 6.14. The molecule has 2 atom stereocenters. The molecule has 6 nitrogen and oxygen atoms in total. The molecule has 1 aromatic rings. The van der Waals surface area contributed by atoms with Crippen LogP contribution in [0.1, 0.15) is 37.2 Å². The van der Waals surface area contributed by atoms with Gasteiger partial charge in [0.2, 0.25) is 10.0 Å². The predicted octanol–water partition coefficient (Wildman–Crippen LogP) is 1.60. The number of rotatable bonds is 3. The topological polar surface area (TPSA) is 70.6 Å². The van der Waals surface area contributed by atoms with E-state index in [-0.39, 0.29) is 17.1 Å². The summed E-state index contributed by atoms with van der Waals surface area (Å²) in [5.74, 6) is 0.339. The number of pyridine rings is 1. The molecule has 0 bridgehead atoms. The molecule has 2 fully saturated rings. The van der Waals surface area contributed by atoms with Gasteiger partial charge >= 0.3 is 0 Å². The summed E-state index contributed by atoms with van der Waals surface area (Å²) >= 11 is 0. The van der Waals surface area contributed by atoms with Crippen molar-refractivity contribution in [1.29, 1.82) is 0 Å². The molecule has 3 heterocycles. The van der Waals surface area contributed by atoms with Gasteiger partial charge in [-0.05, 0) is 36.8 Å². The van der Waals surface area contributed by atoms with Gasteiger partial charge in [0, 0.05) is 32.4 Å². The van der Waals surface area contributed by atoms with Gasteiger partial charge in [0.1, 0.15) is 5.69 Å². The van der Waals surface area contributed by atoms with Crippen LogP contribution in [0.4, 0.5) is 0 Å². The highest BCUT2D eigenvalue weighted by atomic mass is 32.2. The zero-order valence-electron chi connectivity index (χ0n) is 14.3. The van der Waals surface area contributed by atoms with Crippen LogP contribution in [0.5, 0.6) is 0 Å². The van der Waals surface area contributed by atoms with Gasteiger partial charge in [-0.25, -0.2) is 12.7 Å². The third-order valence-electron chi connectivity index (χ3n) is 4.90. The lowest BCUT2D eigenvalue weighted by Crippen LogP contribution is -2.36. The average molecular weight is 351 g/mol. The highest BCUT2D eigenvalue weighted by Crippen LogP contribution is 2.34. The Morgan fingerprint density at radius 3 is 2.71 bits per heavy atom. The third-order valence-corrected chi connectivity index (χ3v) is 7.30. The Hall–Kier alpha value is -1.47. The van der Waals surface area contributed by atoms with Crippen molar-refractivity contribution >= 4 is 15.9 Å². The molecule has 0 unspecified atom stereocenters. The highest BCUT2D eigenvalue weighted by Gasteiger charge is 2.47. The van der Waals surface area contributed by atoms with Gasteiger partial charge in [0.15, 0.2) is 0 Å². The first-order chi connectivity index (χ1) is 11.4. The molecular formula is C17H25N3O3S. The van der Waals surface area contributed by atoms with E-state index in [0.29, 0.717) is 44.2 Å². The SMILES string of the molecule is CC(C)CN1C[C@@H]2CCN(C(=O)c3ccccn3)CC[C@H]2S1(=O)=O. The van der Waals surface area contributed by atoms with Gasteiger partial charge in [-0.1, -0.05) is 19.9 Å². The molecular weight excluding hydrogens is 326 g/mol. The molecule has 2 aliphatic heterocycles. The van der Waals surface area contributed by atoms with E-state index in [1.165, 1.54) is 0 Å². The Kier molecular flexibility index (Phi) is 4.92. The first-order valence-corrected chi connectivity index (χ1v) is 10.1. The van der Waals surface area contributed by atoms with Crippen LogP contribution in [0.2, 0.25) is 0 Å². The van der Waals surface area contributed by atoms with Gasteiger partial charge in [0.05, 0.1) is 5.25 Å². The number of fused-ring (bicyclic) bond motifs is 1. The zero-order valence-corrected chi connectivity index (χ0v) is 15.1. The quantitative estimate of drug-likeness (QED) is 0.829. The van der Waals surface area contributed by atoms with Crippen LogP contribution < -0.4 is 0 Å². The summed E-state index contributed by atoms with van der Waals surface area (Å²) in [4.78, 5) is 18.4. The third kappa shape index (κ3) is 3.32. The van der Waals surface area contributed by atoms with Crippen molar-refractivity contribution in [1.82, 2.24) is 14.2 Å². The largest absolute Gasteiger partial charge is 0.337 e. The minimum Gasteiger partial charge on any atom is -0.337 e. The lowest BCUT2D eigenvalue weighted by atomic mass is 10.0. The molecule has 24 heavy (non-hydrogen) atoms. The fraction of sp³-hybridized carbons (Fsp3) is 0.647. The van der Waals surface area contributed by atoms with Crippen LogP contribution in [0, 0.1) is 11.8 Å². The van der Waals surface area contributed by atoms with Crippen molar-refractivity contribution in [3.63, 3.8) is 0 Å². The van der Waals surface area contributed by atoms with Crippen LogP contribution in [0.3, 0.4) is 0 Å². The number of hydrogen-bond acceptors (Lipinski definition) is 4. The number of carbonyl (C=O) groups excluding carboxylic acids is 1. The summed E-state index contributed by atoms with van der Waals surface area (Å²) in [6.45, 7) is 6.34. The Balaban J connectivity index is 1.71. The molecule has 1 amide bonds. The second kappa shape index (κ2) is 6.80. The number of hydrogen-bond donors (Lipinski definition) is 0. The highest BCUT2D eigenvalue weighted by molar-refractivity contribution is 7.90. The molecule has 2 saturated heterocycles. The molecule has 3 rings (SSSR count). The maximum absolute atomic E-state index is 12.8. The normalized spacial score (nSPS) is 27.0. The standard InChI is InChI=1S/C17H25N3O3S/c1-13(2)11-20-12-14-6-9-19(10-7-16(14)24(20,22)23)17(21)15-5-3-4-8-18-15/h3-5,8,13-14,16H,6-7,9-12H2,1-2H3/t14-,16+/m0/s1. The van der Waals surface area contributed by atoms with Crippen LogP contribution in [0.15, 0.2) is 24.4 Å². The number of carbonyl (C=O) groups is 1. The lowest BCUT2D eigenvalue weighted by molar-refractivity contribution is 0.0753. The van der Waals surface area contributed by atoms with E-state index in [1.807, 2.05) is 13.8 Å².